The summed E-state index contributed by atoms with van der Waals surface area (Å²) in [6, 6.07) is 7.11. The van der Waals surface area contributed by atoms with Crippen LogP contribution in [0.25, 0.3) is 0 Å². The van der Waals surface area contributed by atoms with Gasteiger partial charge in [0.05, 0.1) is 0 Å². The van der Waals surface area contributed by atoms with Crippen molar-refractivity contribution in [2.45, 2.75) is 39.7 Å². The van der Waals surface area contributed by atoms with Crippen molar-refractivity contribution < 1.29 is 0 Å². The normalized spacial score (nSPS) is 26.4. The molecule has 1 aromatic rings. The van der Waals surface area contributed by atoms with Crippen LogP contribution in [0, 0.1) is 25.7 Å². The van der Waals surface area contributed by atoms with Gasteiger partial charge in [-0.15, -0.1) is 0 Å². The number of benzene rings is 1. The van der Waals surface area contributed by atoms with Gasteiger partial charge in [-0.3, -0.25) is 0 Å². The molecule has 1 heteroatoms. The van der Waals surface area contributed by atoms with Crippen molar-refractivity contribution in [2.24, 2.45) is 17.6 Å². The highest BCUT2D eigenvalue weighted by molar-refractivity contribution is 5.29. The van der Waals surface area contributed by atoms with Gasteiger partial charge in [0.25, 0.3) is 0 Å². The van der Waals surface area contributed by atoms with Crippen LogP contribution in [0.3, 0.4) is 0 Å². The number of hydrogen-bond acceptors (Lipinski definition) is 1. The van der Waals surface area contributed by atoms with Crippen LogP contribution in [0.5, 0.6) is 0 Å². The highest BCUT2D eigenvalue weighted by Gasteiger charge is 2.37. The molecule has 3 atom stereocenters. The third-order valence-corrected chi connectivity index (χ3v) is 3.47. The second kappa shape index (κ2) is 3.97. The van der Waals surface area contributed by atoms with Crippen LogP contribution in [-0.4, -0.2) is 6.04 Å². The zero-order valence-corrected chi connectivity index (χ0v) is 9.96. The van der Waals surface area contributed by atoms with Gasteiger partial charge in [-0.1, -0.05) is 36.2 Å². The van der Waals surface area contributed by atoms with E-state index in [4.69, 9.17) is 5.73 Å². The Bertz CT molecular complexity index is 336. The molecule has 1 aliphatic rings. The Morgan fingerprint density at radius 1 is 1.27 bits per heavy atom. The molecule has 2 rings (SSSR count). The minimum atomic E-state index is 0.362. The molecule has 3 unspecified atom stereocenters. The lowest BCUT2D eigenvalue weighted by Gasteiger charge is -2.12. The van der Waals surface area contributed by atoms with E-state index in [0.717, 1.165) is 18.3 Å². The molecule has 0 amide bonds. The lowest BCUT2D eigenvalue weighted by Crippen LogP contribution is -2.26. The average molecular weight is 203 g/mol. The summed E-state index contributed by atoms with van der Waals surface area (Å²) in [5.74, 6) is 1.62. The van der Waals surface area contributed by atoms with Crippen LogP contribution in [0.1, 0.15) is 30.0 Å². The molecule has 0 bridgehead atoms. The standard InChI is InChI=1S/C14H21N/c1-9-4-10(2)6-12(5-9)8-14(15)13-7-11(13)3/h4-6,11,13-14H,7-8,15H2,1-3H3. The summed E-state index contributed by atoms with van der Waals surface area (Å²) in [5.41, 5.74) is 10.3. The van der Waals surface area contributed by atoms with E-state index < -0.39 is 0 Å². The molecule has 1 aromatic carbocycles. The Kier molecular flexibility index (Phi) is 2.83. The van der Waals surface area contributed by atoms with E-state index >= 15 is 0 Å². The molecule has 0 aromatic heterocycles. The lowest BCUT2D eigenvalue weighted by atomic mass is 9.99. The first-order chi connectivity index (χ1) is 7.06. The first-order valence-electron chi connectivity index (χ1n) is 5.89. The second-order valence-electron chi connectivity index (χ2n) is 5.24. The molecule has 15 heavy (non-hydrogen) atoms. The predicted molar refractivity (Wildman–Crippen MR) is 64.9 cm³/mol. The van der Waals surface area contributed by atoms with Crippen molar-refractivity contribution in [3.05, 3.63) is 34.9 Å². The lowest BCUT2D eigenvalue weighted by molar-refractivity contribution is 0.560. The summed E-state index contributed by atoms with van der Waals surface area (Å²) in [6.45, 7) is 6.61. The van der Waals surface area contributed by atoms with Crippen molar-refractivity contribution in [2.75, 3.05) is 0 Å². The summed E-state index contributed by atoms with van der Waals surface area (Å²) >= 11 is 0. The zero-order valence-electron chi connectivity index (χ0n) is 9.96. The van der Waals surface area contributed by atoms with Gasteiger partial charge in [0.1, 0.15) is 0 Å². The third-order valence-electron chi connectivity index (χ3n) is 3.47. The minimum absolute atomic E-state index is 0.362. The molecule has 0 heterocycles. The molecule has 0 spiro atoms. The summed E-state index contributed by atoms with van der Waals surface area (Å²) in [5, 5.41) is 0. The Balaban J connectivity index is 2.03. The number of aryl methyl sites for hydroxylation is 2. The summed E-state index contributed by atoms with van der Waals surface area (Å²) < 4.78 is 0. The molecule has 0 saturated heterocycles. The maximum absolute atomic E-state index is 6.20. The van der Waals surface area contributed by atoms with Gasteiger partial charge in [0.2, 0.25) is 0 Å². The van der Waals surface area contributed by atoms with Crippen molar-refractivity contribution in [3.8, 4) is 0 Å². The van der Waals surface area contributed by atoms with Gasteiger partial charge in [-0.2, -0.15) is 0 Å². The summed E-state index contributed by atoms with van der Waals surface area (Å²) in [7, 11) is 0. The van der Waals surface area contributed by atoms with Gasteiger partial charge in [-0.05, 0) is 44.1 Å². The number of nitrogens with two attached hydrogens (primary N) is 1. The van der Waals surface area contributed by atoms with Gasteiger partial charge >= 0.3 is 0 Å². The molecule has 0 aliphatic heterocycles. The summed E-state index contributed by atoms with van der Waals surface area (Å²) in [6.07, 6.45) is 2.36. The molecule has 82 valence electrons. The van der Waals surface area contributed by atoms with Crippen LogP contribution < -0.4 is 5.73 Å². The van der Waals surface area contributed by atoms with E-state index in [-0.39, 0.29) is 0 Å². The fraction of sp³-hybridized carbons (Fsp3) is 0.571. The van der Waals surface area contributed by atoms with Gasteiger partial charge in [0.15, 0.2) is 0 Å². The first-order valence-corrected chi connectivity index (χ1v) is 5.89. The van der Waals surface area contributed by atoms with Crippen LogP contribution in [0.2, 0.25) is 0 Å². The smallest absolute Gasteiger partial charge is 0.0110 e. The average Bonchev–Trinajstić information content (AvgIpc) is 2.80. The Labute approximate surface area is 92.7 Å². The van der Waals surface area contributed by atoms with Gasteiger partial charge < -0.3 is 5.73 Å². The van der Waals surface area contributed by atoms with Crippen LogP contribution in [-0.2, 0) is 6.42 Å². The zero-order chi connectivity index (χ0) is 11.0. The molecule has 1 saturated carbocycles. The second-order valence-corrected chi connectivity index (χ2v) is 5.24. The van der Waals surface area contributed by atoms with Crippen LogP contribution in [0.15, 0.2) is 18.2 Å². The minimum Gasteiger partial charge on any atom is -0.327 e. The van der Waals surface area contributed by atoms with E-state index in [2.05, 4.69) is 39.0 Å². The molecular formula is C14H21N. The van der Waals surface area contributed by atoms with Crippen molar-refractivity contribution in [1.29, 1.82) is 0 Å². The Morgan fingerprint density at radius 3 is 2.27 bits per heavy atom. The number of hydrogen-bond donors (Lipinski definition) is 1. The first kappa shape index (κ1) is 10.7. The SMILES string of the molecule is Cc1cc(C)cc(CC(N)C2CC2C)c1. The molecular weight excluding hydrogens is 182 g/mol. The van der Waals surface area contributed by atoms with Crippen LogP contribution in [0.4, 0.5) is 0 Å². The van der Waals surface area contributed by atoms with E-state index in [0.29, 0.717) is 6.04 Å². The van der Waals surface area contributed by atoms with Gasteiger partial charge in [0, 0.05) is 6.04 Å². The molecule has 0 radical (unpaired) electrons. The van der Waals surface area contributed by atoms with Crippen LogP contribution >= 0.6 is 0 Å². The van der Waals surface area contributed by atoms with Crippen molar-refractivity contribution >= 4 is 0 Å². The van der Waals surface area contributed by atoms with Crippen molar-refractivity contribution in [1.82, 2.24) is 0 Å². The molecule has 2 N–H and O–H groups in total. The fourth-order valence-electron chi connectivity index (χ4n) is 2.56. The van der Waals surface area contributed by atoms with Crippen molar-refractivity contribution in [3.63, 3.8) is 0 Å². The number of rotatable bonds is 3. The summed E-state index contributed by atoms with van der Waals surface area (Å²) in [4.78, 5) is 0. The molecule has 1 nitrogen and oxygen atoms in total. The Hall–Kier alpha value is -0.820. The monoisotopic (exact) mass is 203 g/mol. The third kappa shape index (κ3) is 2.60. The highest BCUT2D eigenvalue weighted by Crippen LogP contribution is 2.40. The van der Waals surface area contributed by atoms with E-state index in [1.165, 1.54) is 23.1 Å². The molecule has 1 fully saturated rings. The predicted octanol–water partition coefficient (Wildman–Crippen LogP) is 2.83. The maximum Gasteiger partial charge on any atom is 0.0110 e. The van der Waals surface area contributed by atoms with E-state index in [1.807, 2.05) is 0 Å². The maximum atomic E-state index is 6.20. The van der Waals surface area contributed by atoms with Gasteiger partial charge in [-0.25, -0.2) is 0 Å². The largest absolute Gasteiger partial charge is 0.327 e. The topological polar surface area (TPSA) is 26.0 Å². The Morgan fingerprint density at radius 2 is 1.80 bits per heavy atom. The molecule has 1 aliphatic carbocycles. The quantitative estimate of drug-likeness (QED) is 0.803. The van der Waals surface area contributed by atoms with E-state index in [1.54, 1.807) is 0 Å². The highest BCUT2D eigenvalue weighted by atomic mass is 14.7. The van der Waals surface area contributed by atoms with E-state index in [9.17, 15) is 0 Å². The fourth-order valence-corrected chi connectivity index (χ4v) is 2.56.